The number of nitrogens with two attached hydrogens (primary N) is 1. The largest absolute Gasteiger partial charge is 0.324 e. The third-order valence-corrected chi connectivity index (χ3v) is 4.00. The third kappa shape index (κ3) is 2.54. The molecule has 1 atom stereocenters. The van der Waals surface area contributed by atoms with Gasteiger partial charge in [-0.25, -0.2) is 0 Å². The molecule has 4 nitrogen and oxygen atoms in total. The van der Waals surface area contributed by atoms with Gasteiger partial charge in [-0.2, -0.15) is 0 Å². The number of benzene rings is 1. The Morgan fingerprint density at radius 2 is 2.15 bits per heavy atom. The molecule has 0 saturated carbocycles. The summed E-state index contributed by atoms with van der Waals surface area (Å²) >= 11 is 1.48. The lowest BCUT2D eigenvalue weighted by Gasteiger charge is -2.11. The van der Waals surface area contributed by atoms with Gasteiger partial charge in [-0.05, 0) is 35.0 Å². The summed E-state index contributed by atoms with van der Waals surface area (Å²) in [6.07, 6.45) is 3.51. The van der Waals surface area contributed by atoms with E-state index in [0.717, 1.165) is 21.3 Å². The molecule has 5 heteroatoms. The quantitative estimate of drug-likeness (QED) is 0.776. The van der Waals surface area contributed by atoms with Crippen LogP contribution in [0.1, 0.15) is 10.9 Å². The SMILES string of the molecule is NC(C(=O)Nc1ccc2ccncc2c1)c1cccs1. The number of hydrogen-bond donors (Lipinski definition) is 2. The van der Waals surface area contributed by atoms with Crippen LogP contribution in [0.2, 0.25) is 0 Å². The van der Waals surface area contributed by atoms with Crippen LogP contribution in [0.3, 0.4) is 0 Å². The van der Waals surface area contributed by atoms with Crippen LogP contribution in [0, 0.1) is 0 Å². The topological polar surface area (TPSA) is 68.0 Å². The average molecular weight is 283 g/mol. The first-order valence-corrected chi connectivity index (χ1v) is 7.05. The number of rotatable bonds is 3. The van der Waals surface area contributed by atoms with E-state index >= 15 is 0 Å². The van der Waals surface area contributed by atoms with Crippen molar-refractivity contribution < 1.29 is 4.79 Å². The molecule has 0 aliphatic rings. The normalized spacial score (nSPS) is 12.2. The highest BCUT2D eigenvalue weighted by atomic mass is 32.1. The summed E-state index contributed by atoms with van der Waals surface area (Å²) in [4.78, 5) is 17.0. The summed E-state index contributed by atoms with van der Waals surface area (Å²) in [6.45, 7) is 0. The number of fused-ring (bicyclic) bond motifs is 1. The van der Waals surface area contributed by atoms with Gasteiger partial charge in [0.15, 0.2) is 0 Å². The Bertz CT molecular complexity index is 740. The van der Waals surface area contributed by atoms with Gasteiger partial charge in [0, 0.05) is 28.3 Å². The van der Waals surface area contributed by atoms with Gasteiger partial charge in [0.1, 0.15) is 6.04 Å². The zero-order chi connectivity index (χ0) is 13.9. The van der Waals surface area contributed by atoms with Crippen LogP contribution in [0.5, 0.6) is 0 Å². The van der Waals surface area contributed by atoms with E-state index in [9.17, 15) is 4.79 Å². The van der Waals surface area contributed by atoms with Crippen LogP contribution in [0.15, 0.2) is 54.2 Å². The van der Waals surface area contributed by atoms with Crippen LogP contribution < -0.4 is 11.1 Å². The minimum absolute atomic E-state index is 0.212. The molecule has 0 saturated heterocycles. The maximum atomic E-state index is 12.1. The van der Waals surface area contributed by atoms with E-state index in [-0.39, 0.29) is 5.91 Å². The number of pyridine rings is 1. The highest BCUT2D eigenvalue weighted by molar-refractivity contribution is 7.10. The van der Waals surface area contributed by atoms with Crippen molar-refractivity contribution in [2.24, 2.45) is 5.73 Å². The molecule has 3 aromatic rings. The van der Waals surface area contributed by atoms with Gasteiger partial charge < -0.3 is 11.1 Å². The summed E-state index contributed by atoms with van der Waals surface area (Å²) in [7, 11) is 0. The molecule has 0 spiro atoms. The fourth-order valence-electron chi connectivity index (χ4n) is 1.98. The van der Waals surface area contributed by atoms with Crippen molar-refractivity contribution in [1.82, 2.24) is 4.98 Å². The Hall–Kier alpha value is -2.24. The van der Waals surface area contributed by atoms with Crippen LogP contribution in [0.4, 0.5) is 5.69 Å². The van der Waals surface area contributed by atoms with E-state index in [1.165, 1.54) is 11.3 Å². The maximum Gasteiger partial charge on any atom is 0.246 e. The lowest BCUT2D eigenvalue weighted by Crippen LogP contribution is -2.26. The number of carbonyl (C=O) groups excluding carboxylic acids is 1. The van der Waals surface area contributed by atoms with E-state index < -0.39 is 6.04 Å². The van der Waals surface area contributed by atoms with Gasteiger partial charge >= 0.3 is 0 Å². The number of thiophene rings is 1. The van der Waals surface area contributed by atoms with Gasteiger partial charge in [-0.1, -0.05) is 12.1 Å². The van der Waals surface area contributed by atoms with Gasteiger partial charge in [-0.15, -0.1) is 11.3 Å². The number of carbonyl (C=O) groups is 1. The average Bonchev–Trinajstić information content (AvgIpc) is 3.00. The molecule has 2 aromatic heterocycles. The van der Waals surface area contributed by atoms with Gasteiger partial charge in [0.2, 0.25) is 5.91 Å². The Morgan fingerprint density at radius 1 is 1.25 bits per heavy atom. The highest BCUT2D eigenvalue weighted by Crippen LogP contribution is 2.21. The summed E-state index contributed by atoms with van der Waals surface area (Å²) in [6, 6.07) is 10.7. The Labute approximate surface area is 120 Å². The number of aromatic nitrogens is 1. The molecule has 3 N–H and O–H groups in total. The molecule has 3 rings (SSSR count). The highest BCUT2D eigenvalue weighted by Gasteiger charge is 2.16. The van der Waals surface area contributed by atoms with Crippen LogP contribution >= 0.6 is 11.3 Å². The first-order chi connectivity index (χ1) is 9.74. The Balaban J connectivity index is 1.80. The van der Waals surface area contributed by atoms with E-state index in [4.69, 9.17) is 5.73 Å². The van der Waals surface area contributed by atoms with E-state index in [1.54, 1.807) is 12.4 Å². The van der Waals surface area contributed by atoms with Crippen molar-refractivity contribution in [2.75, 3.05) is 5.32 Å². The number of hydrogen-bond acceptors (Lipinski definition) is 4. The molecule has 0 aliphatic carbocycles. The fraction of sp³-hybridized carbons (Fsp3) is 0.0667. The molecule has 100 valence electrons. The summed E-state index contributed by atoms with van der Waals surface area (Å²) in [5, 5.41) is 6.81. The second-order valence-electron chi connectivity index (χ2n) is 4.42. The third-order valence-electron chi connectivity index (χ3n) is 3.04. The molecule has 20 heavy (non-hydrogen) atoms. The van der Waals surface area contributed by atoms with Gasteiger partial charge in [0.05, 0.1) is 0 Å². The van der Waals surface area contributed by atoms with Crippen LogP contribution in [-0.4, -0.2) is 10.9 Å². The van der Waals surface area contributed by atoms with Crippen molar-refractivity contribution in [1.29, 1.82) is 0 Å². The van der Waals surface area contributed by atoms with Crippen molar-refractivity contribution >= 4 is 33.7 Å². The van der Waals surface area contributed by atoms with Crippen LogP contribution in [0.25, 0.3) is 10.8 Å². The summed E-state index contributed by atoms with van der Waals surface area (Å²) in [5.74, 6) is -0.212. The maximum absolute atomic E-state index is 12.1. The molecule has 1 amide bonds. The Kier molecular flexibility index (Phi) is 3.45. The molecule has 0 radical (unpaired) electrons. The zero-order valence-corrected chi connectivity index (χ0v) is 11.4. The number of nitrogens with zero attached hydrogens (tertiary/aromatic N) is 1. The van der Waals surface area contributed by atoms with Crippen LogP contribution in [-0.2, 0) is 4.79 Å². The first-order valence-electron chi connectivity index (χ1n) is 6.18. The second-order valence-corrected chi connectivity index (χ2v) is 5.40. The van der Waals surface area contributed by atoms with Crippen molar-refractivity contribution in [3.8, 4) is 0 Å². The lowest BCUT2D eigenvalue weighted by atomic mass is 10.1. The Morgan fingerprint density at radius 3 is 2.95 bits per heavy atom. The van der Waals surface area contributed by atoms with Gasteiger partial charge in [-0.3, -0.25) is 9.78 Å². The summed E-state index contributed by atoms with van der Waals surface area (Å²) in [5.41, 5.74) is 6.65. The van der Waals surface area contributed by atoms with Gasteiger partial charge in [0.25, 0.3) is 0 Å². The van der Waals surface area contributed by atoms with E-state index in [0.29, 0.717) is 0 Å². The van der Waals surface area contributed by atoms with E-state index in [2.05, 4.69) is 10.3 Å². The van der Waals surface area contributed by atoms with Crippen molar-refractivity contribution in [3.05, 3.63) is 59.0 Å². The standard InChI is InChI=1S/C15H13N3OS/c16-14(13-2-1-7-20-13)15(19)18-12-4-3-10-5-6-17-9-11(10)8-12/h1-9,14H,16H2,(H,18,19). The molecule has 0 fully saturated rings. The molecule has 1 unspecified atom stereocenters. The van der Waals surface area contributed by atoms with Crippen molar-refractivity contribution in [3.63, 3.8) is 0 Å². The zero-order valence-electron chi connectivity index (χ0n) is 10.6. The van der Waals surface area contributed by atoms with Crippen molar-refractivity contribution in [2.45, 2.75) is 6.04 Å². The molecule has 0 bridgehead atoms. The molecule has 1 aromatic carbocycles. The first kappa shape index (κ1) is 12.8. The molecular weight excluding hydrogens is 270 g/mol. The summed E-state index contributed by atoms with van der Waals surface area (Å²) < 4.78 is 0. The minimum Gasteiger partial charge on any atom is -0.324 e. The molecule has 2 heterocycles. The minimum atomic E-state index is -0.639. The fourth-order valence-corrected chi connectivity index (χ4v) is 2.71. The lowest BCUT2D eigenvalue weighted by molar-refractivity contribution is -0.117. The predicted octanol–water partition coefficient (Wildman–Crippen LogP) is 2.93. The monoisotopic (exact) mass is 283 g/mol. The molecule has 0 aliphatic heterocycles. The smallest absolute Gasteiger partial charge is 0.246 e. The number of amides is 1. The molecular formula is C15H13N3OS. The second kappa shape index (κ2) is 5.40. The predicted molar refractivity (Wildman–Crippen MR) is 81.6 cm³/mol. The number of nitrogens with one attached hydrogen (secondary N) is 1. The number of anilines is 1. The van der Waals surface area contributed by atoms with E-state index in [1.807, 2.05) is 41.8 Å².